The predicted molar refractivity (Wildman–Crippen MR) is 105 cm³/mol. The van der Waals surface area contributed by atoms with Gasteiger partial charge in [0.1, 0.15) is 11.5 Å². The highest BCUT2D eigenvalue weighted by Gasteiger charge is 2.28. The molecule has 1 aliphatic heterocycles. The summed E-state index contributed by atoms with van der Waals surface area (Å²) in [5.74, 6) is 2.67. The van der Waals surface area contributed by atoms with E-state index in [1.165, 1.54) is 0 Å². The monoisotopic (exact) mass is 391 g/mol. The van der Waals surface area contributed by atoms with Crippen LogP contribution in [0.3, 0.4) is 0 Å². The van der Waals surface area contributed by atoms with Gasteiger partial charge in [0.2, 0.25) is 0 Å². The highest BCUT2D eigenvalue weighted by atomic mass is 32.2. The minimum absolute atomic E-state index is 0.110. The standard InChI is InChI=1S/C19H25N3O4S/c1-25-17-6-4-15(5-7-17)13-21-19(20-10-8-18-3-2-11-26-18)22-16-9-12-27(23,24)14-16/h2-7,11,16H,8-10,12-14H2,1H3,(H2,20,21,22). The van der Waals surface area contributed by atoms with Crippen molar-refractivity contribution in [3.63, 3.8) is 0 Å². The molecule has 1 fully saturated rings. The Bertz CT molecular complexity index is 846. The minimum Gasteiger partial charge on any atom is -0.497 e. The Morgan fingerprint density at radius 3 is 2.74 bits per heavy atom. The fraction of sp³-hybridized carbons (Fsp3) is 0.421. The van der Waals surface area contributed by atoms with Crippen LogP contribution in [0, 0.1) is 0 Å². The zero-order chi connectivity index (χ0) is 19.1. The van der Waals surface area contributed by atoms with E-state index in [0.717, 1.165) is 23.5 Å². The molecule has 0 aliphatic carbocycles. The fourth-order valence-electron chi connectivity index (χ4n) is 2.91. The van der Waals surface area contributed by atoms with Crippen molar-refractivity contribution in [3.05, 3.63) is 54.0 Å². The van der Waals surface area contributed by atoms with Crippen molar-refractivity contribution in [2.45, 2.75) is 25.4 Å². The lowest BCUT2D eigenvalue weighted by Gasteiger charge is -2.16. The lowest BCUT2D eigenvalue weighted by molar-refractivity contribution is 0.414. The van der Waals surface area contributed by atoms with Crippen molar-refractivity contribution >= 4 is 15.8 Å². The zero-order valence-electron chi connectivity index (χ0n) is 15.3. The number of furan rings is 1. The molecule has 2 N–H and O–H groups in total. The molecule has 1 aromatic carbocycles. The van der Waals surface area contributed by atoms with Crippen LogP contribution in [0.25, 0.3) is 0 Å². The number of ether oxygens (including phenoxy) is 1. The van der Waals surface area contributed by atoms with E-state index >= 15 is 0 Å². The van der Waals surface area contributed by atoms with Crippen LogP contribution in [-0.4, -0.2) is 45.6 Å². The van der Waals surface area contributed by atoms with Gasteiger partial charge in [-0.1, -0.05) is 12.1 Å². The summed E-state index contributed by atoms with van der Waals surface area (Å²) < 4.78 is 33.9. The van der Waals surface area contributed by atoms with Gasteiger partial charge >= 0.3 is 0 Å². The summed E-state index contributed by atoms with van der Waals surface area (Å²) >= 11 is 0. The normalized spacial score (nSPS) is 19.0. The SMILES string of the molecule is COc1ccc(CN=C(NCCc2ccco2)NC2CCS(=O)(=O)C2)cc1. The third-order valence-electron chi connectivity index (χ3n) is 4.40. The van der Waals surface area contributed by atoms with E-state index in [2.05, 4.69) is 15.6 Å². The Kier molecular flexibility index (Phi) is 6.39. The van der Waals surface area contributed by atoms with Crippen molar-refractivity contribution in [1.29, 1.82) is 0 Å². The third-order valence-corrected chi connectivity index (χ3v) is 6.16. The fourth-order valence-corrected chi connectivity index (χ4v) is 4.59. The number of methoxy groups -OCH3 is 1. The lowest BCUT2D eigenvalue weighted by atomic mass is 10.2. The first kappa shape index (κ1) is 19.3. The molecule has 7 nitrogen and oxygen atoms in total. The van der Waals surface area contributed by atoms with Crippen LogP contribution in [0.5, 0.6) is 5.75 Å². The van der Waals surface area contributed by atoms with Crippen LogP contribution < -0.4 is 15.4 Å². The van der Waals surface area contributed by atoms with Crippen molar-refractivity contribution in [1.82, 2.24) is 10.6 Å². The van der Waals surface area contributed by atoms with Crippen LogP contribution in [0.15, 0.2) is 52.1 Å². The minimum atomic E-state index is -2.95. The number of hydrogen-bond donors (Lipinski definition) is 2. The second kappa shape index (κ2) is 8.94. The molecule has 0 spiro atoms. The van der Waals surface area contributed by atoms with Gasteiger partial charge in [-0.2, -0.15) is 0 Å². The number of hydrogen-bond acceptors (Lipinski definition) is 5. The topological polar surface area (TPSA) is 92.9 Å². The Labute approximate surface area is 159 Å². The summed E-state index contributed by atoms with van der Waals surface area (Å²) in [6.07, 6.45) is 2.97. The van der Waals surface area contributed by atoms with Gasteiger partial charge in [0.15, 0.2) is 15.8 Å². The number of guanidine groups is 1. The average Bonchev–Trinajstić information content (AvgIpc) is 3.29. The molecular weight excluding hydrogens is 366 g/mol. The molecule has 0 bridgehead atoms. The molecular formula is C19H25N3O4S. The molecule has 8 heteroatoms. The van der Waals surface area contributed by atoms with E-state index in [1.807, 2.05) is 36.4 Å². The van der Waals surface area contributed by atoms with Crippen molar-refractivity contribution < 1.29 is 17.6 Å². The molecule has 0 saturated carbocycles. The maximum atomic E-state index is 11.7. The Morgan fingerprint density at radius 1 is 1.30 bits per heavy atom. The van der Waals surface area contributed by atoms with Crippen LogP contribution in [0.2, 0.25) is 0 Å². The summed E-state index contributed by atoms with van der Waals surface area (Å²) in [4.78, 5) is 4.61. The molecule has 27 heavy (non-hydrogen) atoms. The second-order valence-corrected chi connectivity index (χ2v) is 8.74. The van der Waals surface area contributed by atoms with E-state index in [4.69, 9.17) is 9.15 Å². The van der Waals surface area contributed by atoms with E-state index in [0.29, 0.717) is 25.5 Å². The molecule has 1 aromatic heterocycles. The number of benzene rings is 1. The predicted octanol–water partition coefficient (Wildman–Crippen LogP) is 1.75. The summed E-state index contributed by atoms with van der Waals surface area (Å²) in [5, 5.41) is 6.51. The van der Waals surface area contributed by atoms with E-state index < -0.39 is 9.84 Å². The van der Waals surface area contributed by atoms with Gasteiger partial charge in [0, 0.05) is 19.0 Å². The van der Waals surface area contributed by atoms with Crippen molar-refractivity contribution in [2.75, 3.05) is 25.2 Å². The summed E-state index contributed by atoms with van der Waals surface area (Å²) in [5.41, 5.74) is 1.04. The van der Waals surface area contributed by atoms with Crippen LogP contribution in [0.4, 0.5) is 0 Å². The first-order valence-electron chi connectivity index (χ1n) is 8.95. The largest absolute Gasteiger partial charge is 0.497 e. The molecule has 146 valence electrons. The van der Waals surface area contributed by atoms with Gasteiger partial charge in [-0.3, -0.25) is 0 Å². The molecule has 1 unspecified atom stereocenters. The molecule has 1 aliphatic rings. The Morgan fingerprint density at radius 2 is 2.11 bits per heavy atom. The number of nitrogens with one attached hydrogen (secondary N) is 2. The van der Waals surface area contributed by atoms with Gasteiger partial charge in [0.25, 0.3) is 0 Å². The van der Waals surface area contributed by atoms with Gasteiger partial charge in [-0.15, -0.1) is 0 Å². The first-order chi connectivity index (χ1) is 13.0. The molecule has 2 aromatic rings. The summed E-state index contributed by atoms with van der Waals surface area (Å²) in [7, 11) is -1.31. The number of aliphatic imine (C=N–C) groups is 1. The number of rotatable bonds is 7. The Balaban J connectivity index is 1.61. The quantitative estimate of drug-likeness (QED) is 0.552. The zero-order valence-corrected chi connectivity index (χ0v) is 16.2. The highest BCUT2D eigenvalue weighted by molar-refractivity contribution is 7.91. The van der Waals surface area contributed by atoms with E-state index in [9.17, 15) is 8.42 Å². The van der Waals surface area contributed by atoms with Crippen molar-refractivity contribution in [3.8, 4) is 5.75 Å². The number of nitrogens with zero attached hydrogens (tertiary/aromatic N) is 1. The third kappa shape index (κ3) is 6.02. The Hall–Kier alpha value is -2.48. The van der Waals surface area contributed by atoms with Gasteiger partial charge in [-0.25, -0.2) is 13.4 Å². The van der Waals surface area contributed by atoms with E-state index in [-0.39, 0.29) is 17.5 Å². The molecule has 2 heterocycles. The lowest BCUT2D eigenvalue weighted by Crippen LogP contribution is -2.44. The second-order valence-electron chi connectivity index (χ2n) is 6.51. The average molecular weight is 391 g/mol. The van der Waals surface area contributed by atoms with Crippen LogP contribution in [-0.2, 0) is 22.8 Å². The van der Waals surface area contributed by atoms with Crippen LogP contribution in [0.1, 0.15) is 17.7 Å². The van der Waals surface area contributed by atoms with Gasteiger partial charge in [-0.05, 0) is 36.2 Å². The molecule has 1 saturated heterocycles. The molecule has 1 atom stereocenters. The summed E-state index contributed by atoms with van der Waals surface area (Å²) in [6, 6.07) is 11.4. The summed E-state index contributed by atoms with van der Waals surface area (Å²) in [6.45, 7) is 1.13. The maximum Gasteiger partial charge on any atom is 0.191 e. The van der Waals surface area contributed by atoms with Crippen molar-refractivity contribution in [2.24, 2.45) is 4.99 Å². The van der Waals surface area contributed by atoms with Gasteiger partial charge < -0.3 is 19.8 Å². The van der Waals surface area contributed by atoms with Crippen LogP contribution >= 0.6 is 0 Å². The smallest absolute Gasteiger partial charge is 0.191 e. The first-order valence-corrected chi connectivity index (χ1v) is 10.8. The van der Waals surface area contributed by atoms with Gasteiger partial charge in [0.05, 0.1) is 31.4 Å². The maximum absolute atomic E-state index is 11.7. The highest BCUT2D eigenvalue weighted by Crippen LogP contribution is 2.13. The molecule has 3 rings (SSSR count). The number of sulfone groups is 1. The van der Waals surface area contributed by atoms with E-state index in [1.54, 1.807) is 13.4 Å². The molecule has 0 amide bonds. The molecule has 0 radical (unpaired) electrons.